The smallest absolute Gasteiger partial charge is 0.241 e. The second-order valence-corrected chi connectivity index (χ2v) is 5.31. The number of rotatable bonds is 2. The van der Waals surface area contributed by atoms with Crippen LogP contribution in [0.2, 0.25) is 0 Å². The Bertz CT molecular complexity index is 839. The largest absolute Gasteiger partial charge is 0.496 e. The van der Waals surface area contributed by atoms with Crippen LogP contribution in [0.5, 0.6) is 5.75 Å². The predicted octanol–water partition coefficient (Wildman–Crippen LogP) is 4.35. The van der Waals surface area contributed by atoms with E-state index in [1.165, 1.54) is 19.4 Å². The summed E-state index contributed by atoms with van der Waals surface area (Å²) >= 11 is 3.35. The lowest BCUT2D eigenvalue weighted by atomic mass is 9.99. The molecule has 0 radical (unpaired) electrons. The number of nitrogens with zero attached hydrogens (tertiary/aromatic N) is 2. The highest BCUT2D eigenvalue weighted by molar-refractivity contribution is 9.10. The van der Waals surface area contributed by atoms with Crippen LogP contribution in [0.3, 0.4) is 0 Å². The van der Waals surface area contributed by atoms with Crippen LogP contribution in [-0.2, 0) is 0 Å². The van der Waals surface area contributed by atoms with Crippen molar-refractivity contribution in [1.82, 2.24) is 10.2 Å². The summed E-state index contributed by atoms with van der Waals surface area (Å²) in [6.45, 7) is 0. The van der Waals surface area contributed by atoms with E-state index >= 15 is 0 Å². The molecule has 21 heavy (non-hydrogen) atoms. The lowest BCUT2D eigenvalue weighted by Gasteiger charge is -2.12. The lowest BCUT2D eigenvalue weighted by Crippen LogP contribution is -1.94. The Labute approximate surface area is 127 Å². The number of ether oxygens (including phenoxy) is 1. The van der Waals surface area contributed by atoms with Crippen molar-refractivity contribution in [2.45, 2.75) is 0 Å². The van der Waals surface area contributed by atoms with E-state index in [0.717, 1.165) is 10.5 Å². The van der Waals surface area contributed by atoms with Crippen LogP contribution >= 0.6 is 15.9 Å². The number of aromatic nitrogens is 2. The third-order valence-electron chi connectivity index (χ3n) is 3.15. The van der Waals surface area contributed by atoms with Gasteiger partial charge in [0.25, 0.3) is 0 Å². The Morgan fingerprint density at radius 2 is 1.86 bits per heavy atom. The molecule has 0 aliphatic rings. The van der Waals surface area contributed by atoms with Crippen molar-refractivity contribution in [2.75, 3.05) is 7.11 Å². The van der Waals surface area contributed by atoms with Crippen molar-refractivity contribution in [3.05, 3.63) is 52.8 Å². The van der Waals surface area contributed by atoms with Crippen LogP contribution in [0.15, 0.2) is 41.0 Å². The number of hydrogen-bond acceptors (Lipinski definition) is 3. The molecule has 3 aromatic rings. The highest BCUT2D eigenvalue weighted by Gasteiger charge is 2.14. The van der Waals surface area contributed by atoms with E-state index in [1.54, 1.807) is 18.2 Å². The molecular formula is C15H9BrF2N2O. The summed E-state index contributed by atoms with van der Waals surface area (Å²) in [4.78, 5) is 0. The molecule has 0 bridgehead atoms. The summed E-state index contributed by atoms with van der Waals surface area (Å²) in [7, 11) is 1.52. The Kier molecular flexibility index (Phi) is 3.55. The minimum Gasteiger partial charge on any atom is -0.496 e. The zero-order valence-corrected chi connectivity index (χ0v) is 12.5. The fourth-order valence-electron chi connectivity index (χ4n) is 2.23. The number of hydrogen-bond donors (Lipinski definition) is 0. The van der Waals surface area contributed by atoms with Crippen molar-refractivity contribution in [3.8, 4) is 16.9 Å². The molecule has 0 saturated carbocycles. The van der Waals surface area contributed by atoms with Crippen molar-refractivity contribution in [2.24, 2.45) is 0 Å². The van der Waals surface area contributed by atoms with Crippen molar-refractivity contribution in [3.63, 3.8) is 0 Å². The Balaban J connectivity index is 2.38. The van der Waals surface area contributed by atoms with Crippen molar-refractivity contribution in [1.29, 1.82) is 0 Å². The van der Waals surface area contributed by atoms with E-state index in [0.29, 0.717) is 22.3 Å². The van der Waals surface area contributed by atoms with E-state index in [2.05, 4.69) is 26.1 Å². The average molecular weight is 351 g/mol. The molecule has 0 amide bonds. The third-order valence-corrected chi connectivity index (χ3v) is 3.65. The molecule has 1 heterocycles. The summed E-state index contributed by atoms with van der Waals surface area (Å²) in [5.74, 6) is -0.799. The second-order valence-electron chi connectivity index (χ2n) is 4.39. The van der Waals surface area contributed by atoms with Gasteiger partial charge in [-0.15, -0.1) is 5.10 Å². The topological polar surface area (TPSA) is 35.0 Å². The molecule has 6 heteroatoms. The van der Waals surface area contributed by atoms with Gasteiger partial charge in [0.1, 0.15) is 11.6 Å². The van der Waals surface area contributed by atoms with E-state index in [-0.39, 0.29) is 5.39 Å². The number of methoxy groups -OCH3 is 1. The molecule has 3 nitrogen and oxygen atoms in total. The molecular weight excluding hydrogens is 342 g/mol. The first-order valence-electron chi connectivity index (χ1n) is 6.04. The highest BCUT2D eigenvalue weighted by atomic mass is 79.9. The fourth-order valence-corrected chi connectivity index (χ4v) is 2.57. The molecule has 0 aliphatic carbocycles. The highest BCUT2D eigenvalue weighted by Crippen LogP contribution is 2.37. The molecule has 0 saturated heterocycles. The molecule has 0 aliphatic heterocycles. The molecule has 0 N–H and O–H groups in total. The SMILES string of the molecule is COc1cc(Br)ccc1-c1cc(F)cc2c(F)nncc12. The van der Waals surface area contributed by atoms with Crippen LogP contribution in [0.4, 0.5) is 8.78 Å². The Hall–Kier alpha value is -2.08. The summed E-state index contributed by atoms with van der Waals surface area (Å²) < 4.78 is 33.7. The fraction of sp³-hybridized carbons (Fsp3) is 0.0667. The van der Waals surface area contributed by atoms with Crippen LogP contribution in [0.1, 0.15) is 0 Å². The van der Waals surface area contributed by atoms with E-state index in [4.69, 9.17) is 4.74 Å². The minimum absolute atomic E-state index is 0.0879. The molecule has 1 aromatic heterocycles. The molecule has 2 aromatic carbocycles. The van der Waals surface area contributed by atoms with Gasteiger partial charge in [0.2, 0.25) is 5.95 Å². The molecule has 0 atom stereocenters. The van der Waals surface area contributed by atoms with Gasteiger partial charge in [-0.25, -0.2) is 4.39 Å². The Morgan fingerprint density at radius 1 is 1.05 bits per heavy atom. The summed E-state index contributed by atoms with van der Waals surface area (Å²) in [5.41, 5.74) is 1.15. The van der Waals surface area contributed by atoms with Gasteiger partial charge >= 0.3 is 0 Å². The van der Waals surface area contributed by atoms with Gasteiger partial charge in [0.05, 0.1) is 13.3 Å². The van der Waals surface area contributed by atoms with Crippen molar-refractivity contribution >= 4 is 26.7 Å². The molecule has 0 unspecified atom stereocenters. The van der Waals surface area contributed by atoms with Crippen LogP contribution in [0.25, 0.3) is 21.9 Å². The van der Waals surface area contributed by atoms with Gasteiger partial charge in [-0.1, -0.05) is 15.9 Å². The summed E-state index contributed by atoms with van der Waals surface area (Å²) in [6, 6.07) is 7.77. The molecule has 0 spiro atoms. The third kappa shape index (κ3) is 2.47. The van der Waals surface area contributed by atoms with Gasteiger partial charge in [-0.05, 0) is 35.9 Å². The van der Waals surface area contributed by atoms with Gasteiger partial charge in [-0.3, -0.25) is 0 Å². The summed E-state index contributed by atoms with van der Waals surface area (Å²) in [6.07, 6.45) is 1.41. The first-order chi connectivity index (χ1) is 10.1. The first kappa shape index (κ1) is 13.9. The average Bonchev–Trinajstić information content (AvgIpc) is 2.47. The van der Waals surface area contributed by atoms with Crippen LogP contribution in [0, 0.1) is 11.8 Å². The Morgan fingerprint density at radius 3 is 2.62 bits per heavy atom. The van der Waals surface area contributed by atoms with Crippen LogP contribution < -0.4 is 4.74 Å². The quantitative estimate of drug-likeness (QED) is 0.689. The maximum absolute atomic E-state index is 13.8. The zero-order valence-electron chi connectivity index (χ0n) is 10.9. The van der Waals surface area contributed by atoms with Gasteiger partial charge in [-0.2, -0.15) is 9.49 Å². The molecule has 0 fully saturated rings. The molecule has 3 rings (SSSR count). The predicted molar refractivity (Wildman–Crippen MR) is 79.1 cm³/mol. The lowest BCUT2D eigenvalue weighted by molar-refractivity contribution is 0.416. The van der Waals surface area contributed by atoms with E-state index in [9.17, 15) is 8.78 Å². The maximum atomic E-state index is 13.8. The molecule has 106 valence electrons. The van der Waals surface area contributed by atoms with Gasteiger partial charge in [0.15, 0.2) is 0 Å². The van der Waals surface area contributed by atoms with E-state index in [1.807, 2.05) is 0 Å². The first-order valence-corrected chi connectivity index (χ1v) is 6.84. The second kappa shape index (κ2) is 5.37. The van der Waals surface area contributed by atoms with Gasteiger partial charge < -0.3 is 4.74 Å². The van der Waals surface area contributed by atoms with Crippen molar-refractivity contribution < 1.29 is 13.5 Å². The minimum atomic E-state index is -0.802. The monoisotopic (exact) mass is 350 g/mol. The number of fused-ring (bicyclic) bond motifs is 1. The standard InChI is InChI=1S/C15H9BrF2N2O/c1-21-14-4-8(16)2-3-10(14)11-5-9(17)6-12-13(11)7-19-20-15(12)18/h2-7H,1H3. The zero-order chi connectivity index (χ0) is 15.0. The number of halogens is 3. The van der Waals surface area contributed by atoms with Crippen LogP contribution in [-0.4, -0.2) is 17.3 Å². The maximum Gasteiger partial charge on any atom is 0.241 e. The van der Waals surface area contributed by atoms with E-state index < -0.39 is 11.8 Å². The normalized spacial score (nSPS) is 10.9. The van der Waals surface area contributed by atoms with Gasteiger partial charge in [0, 0.05) is 20.8 Å². The number of benzene rings is 2. The summed E-state index contributed by atoms with van der Waals surface area (Å²) in [5, 5.41) is 7.49.